The Morgan fingerprint density at radius 3 is 2.53 bits per heavy atom. The lowest BCUT2D eigenvalue weighted by Crippen LogP contribution is -2.31. The molecule has 1 aliphatic carbocycles. The van der Waals surface area contributed by atoms with E-state index in [9.17, 15) is 38.1 Å². The zero-order valence-corrected chi connectivity index (χ0v) is 23.9. The number of allylic oxidation sites excluding steroid dienone is 2. The van der Waals surface area contributed by atoms with Crippen molar-refractivity contribution in [2.75, 3.05) is 13.2 Å². The van der Waals surface area contributed by atoms with Crippen LogP contribution in [0.25, 0.3) is 0 Å². The number of ether oxygens (including phenoxy) is 2. The number of alkyl halides is 3. The molecule has 43 heavy (non-hydrogen) atoms. The second-order valence-electron chi connectivity index (χ2n) is 10.6. The number of unbranched alkanes of at least 4 members (excludes halogenated alkanes) is 1. The van der Waals surface area contributed by atoms with E-state index >= 15 is 0 Å². The zero-order chi connectivity index (χ0) is 31.4. The van der Waals surface area contributed by atoms with Gasteiger partial charge in [-0.1, -0.05) is 48.1 Å². The van der Waals surface area contributed by atoms with Gasteiger partial charge >= 0.3 is 12.1 Å². The maximum absolute atomic E-state index is 12.9. The number of hydrogen-bond donors (Lipinski definition) is 4. The summed E-state index contributed by atoms with van der Waals surface area (Å²) in [7, 11) is 0. The summed E-state index contributed by atoms with van der Waals surface area (Å²) in [6, 6.07) is 11.4. The van der Waals surface area contributed by atoms with Gasteiger partial charge in [-0.15, -0.1) is 0 Å². The van der Waals surface area contributed by atoms with E-state index < -0.39 is 41.9 Å². The van der Waals surface area contributed by atoms with Crippen LogP contribution in [0.4, 0.5) is 13.2 Å². The van der Waals surface area contributed by atoms with Gasteiger partial charge < -0.3 is 30.1 Å². The summed E-state index contributed by atoms with van der Waals surface area (Å²) in [5, 5.41) is 33.6. The van der Waals surface area contributed by atoms with Crippen molar-refractivity contribution < 1.29 is 47.6 Å². The molecule has 2 aromatic carbocycles. The second-order valence-corrected chi connectivity index (χ2v) is 10.6. The van der Waals surface area contributed by atoms with E-state index in [0.717, 1.165) is 17.7 Å². The van der Waals surface area contributed by atoms with Gasteiger partial charge in [0.05, 0.1) is 17.8 Å². The van der Waals surface area contributed by atoms with Crippen LogP contribution in [0.5, 0.6) is 11.5 Å². The first kappa shape index (κ1) is 33.8. The number of hydrogen-bond acceptors (Lipinski definition) is 7. The maximum atomic E-state index is 12.9. The van der Waals surface area contributed by atoms with Gasteiger partial charge in [-0.05, 0) is 62.4 Å². The molecule has 5 atom stereocenters. The van der Waals surface area contributed by atoms with Gasteiger partial charge in [0.15, 0.2) is 0 Å². The highest BCUT2D eigenvalue weighted by molar-refractivity contribution is 5.82. The molecule has 4 N–H and O–H groups in total. The van der Waals surface area contributed by atoms with E-state index in [2.05, 4.69) is 5.32 Å². The summed E-state index contributed by atoms with van der Waals surface area (Å²) >= 11 is 0. The van der Waals surface area contributed by atoms with E-state index in [1.165, 1.54) is 18.2 Å². The molecule has 2 aromatic rings. The molecule has 0 aliphatic heterocycles. The molecule has 0 radical (unpaired) electrons. The lowest BCUT2D eigenvalue weighted by Gasteiger charge is -2.19. The summed E-state index contributed by atoms with van der Waals surface area (Å²) in [6.07, 6.45) is 1.56. The van der Waals surface area contributed by atoms with Crippen LogP contribution in [0.3, 0.4) is 0 Å². The third-order valence-corrected chi connectivity index (χ3v) is 7.09. The number of aliphatic hydroxyl groups is 3. The fourth-order valence-corrected chi connectivity index (χ4v) is 4.75. The first-order valence-corrected chi connectivity index (χ1v) is 14.1. The lowest BCUT2D eigenvalue weighted by molar-refractivity contribution is -0.137. The van der Waals surface area contributed by atoms with Gasteiger partial charge in [0.2, 0.25) is 5.91 Å². The number of esters is 1. The Morgan fingerprint density at radius 2 is 1.81 bits per heavy atom. The minimum atomic E-state index is -4.50. The maximum Gasteiger partial charge on any atom is 0.416 e. The summed E-state index contributed by atoms with van der Waals surface area (Å²) < 4.78 is 49.1. The number of nitrogens with one attached hydrogen (secondary N) is 1. The van der Waals surface area contributed by atoms with Crippen molar-refractivity contribution in [2.45, 2.75) is 63.5 Å². The first-order chi connectivity index (χ1) is 20.4. The number of aryl methyl sites for hydroxylation is 1. The first-order valence-electron chi connectivity index (χ1n) is 14.1. The molecule has 0 bridgehead atoms. The minimum absolute atomic E-state index is 0.0280. The van der Waals surface area contributed by atoms with Crippen molar-refractivity contribution in [1.82, 2.24) is 5.32 Å². The summed E-state index contributed by atoms with van der Waals surface area (Å²) in [6.45, 7) is 1.41. The van der Waals surface area contributed by atoms with Crippen molar-refractivity contribution in [1.29, 1.82) is 0 Å². The van der Waals surface area contributed by atoms with Crippen LogP contribution in [0.2, 0.25) is 0 Å². The average Bonchev–Trinajstić information content (AvgIpc) is 3.23. The number of rotatable bonds is 14. The molecule has 1 amide bonds. The summed E-state index contributed by atoms with van der Waals surface area (Å²) in [4.78, 5) is 23.9. The van der Waals surface area contributed by atoms with Gasteiger partial charge in [-0.3, -0.25) is 4.79 Å². The van der Waals surface area contributed by atoms with Crippen LogP contribution in [0, 0.1) is 18.8 Å². The average molecular weight is 606 g/mol. The Balaban J connectivity index is 1.36. The fourth-order valence-electron chi connectivity index (χ4n) is 4.75. The number of benzene rings is 2. The molecule has 0 aromatic heterocycles. The van der Waals surface area contributed by atoms with Crippen molar-refractivity contribution in [2.24, 2.45) is 11.8 Å². The highest BCUT2D eigenvalue weighted by Crippen LogP contribution is 2.36. The van der Waals surface area contributed by atoms with E-state index in [0.29, 0.717) is 25.0 Å². The van der Waals surface area contributed by atoms with Crippen LogP contribution < -0.4 is 14.8 Å². The molecule has 1 saturated carbocycles. The zero-order valence-electron chi connectivity index (χ0n) is 23.9. The molecule has 0 spiro atoms. The fraction of sp³-hybridized carbons (Fsp3) is 0.438. The highest BCUT2D eigenvalue weighted by Gasteiger charge is 2.39. The van der Waals surface area contributed by atoms with Crippen LogP contribution in [-0.4, -0.2) is 58.7 Å². The number of aliphatic hydroxyl groups excluding tert-OH is 3. The smallest absolute Gasteiger partial charge is 0.416 e. The van der Waals surface area contributed by atoms with Gasteiger partial charge in [-0.25, -0.2) is 4.79 Å². The molecule has 1 fully saturated rings. The lowest BCUT2D eigenvalue weighted by atomic mass is 9.89. The molecule has 3 rings (SSSR count). The van der Waals surface area contributed by atoms with E-state index in [-0.39, 0.29) is 43.6 Å². The molecule has 0 saturated heterocycles. The Hall–Kier alpha value is -3.67. The summed E-state index contributed by atoms with van der Waals surface area (Å²) in [5.74, 6) is -1.19. The largest absolute Gasteiger partial charge is 0.491 e. The van der Waals surface area contributed by atoms with Crippen LogP contribution in [0.15, 0.2) is 72.8 Å². The second kappa shape index (κ2) is 16.3. The van der Waals surface area contributed by atoms with Gasteiger partial charge in [-0.2, -0.15) is 13.2 Å². The molecule has 0 heterocycles. The van der Waals surface area contributed by atoms with Crippen LogP contribution >= 0.6 is 0 Å². The predicted octanol–water partition coefficient (Wildman–Crippen LogP) is 4.51. The number of halogens is 3. The van der Waals surface area contributed by atoms with E-state index in [1.54, 1.807) is 18.2 Å². The third kappa shape index (κ3) is 11.5. The van der Waals surface area contributed by atoms with Crippen molar-refractivity contribution in [3.63, 3.8) is 0 Å². The Morgan fingerprint density at radius 1 is 1.07 bits per heavy atom. The Kier molecular flexibility index (Phi) is 12.8. The summed E-state index contributed by atoms with van der Waals surface area (Å²) in [5.41, 5.74) is 0.183. The topological polar surface area (TPSA) is 125 Å². The van der Waals surface area contributed by atoms with Crippen molar-refractivity contribution in [3.8, 4) is 11.5 Å². The third-order valence-electron chi connectivity index (χ3n) is 7.09. The molecule has 8 nitrogen and oxygen atoms in total. The SMILES string of the molecule is Cc1ccc(OC(=O)CNC(=O)CCC/C=C\C[C@@H]2[C@@H](/C=C/[C@@H](O)COc3cccc(C(F)(F)F)c3)[C@H](O)C[C@@H]2O)cc1. The number of amides is 1. The number of carbonyl (C=O) groups excluding carboxylic acids is 2. The molecule has 1 aliphatic rings. The van der Waals surface area contributed by atoms with Crippen LogP contribution in [-0.2, 0) is 15.8 Å². The minimum Gasteiger partial charge on any atom is -0.491 e. The molecular weight excluding hydrogens is 567 g/mol. The monoisotopic (exact) mass is 605 g/mol. The van der Waals surface area contributed by atoms with Crippen molar-refractivity contribution >= 4 is 11.9 Å². The quantitative estimate of drug-likeness (QED) is 0.108. The molecular formula is C32H38F3NO7. The van der Waals surface area contributed by atoms with Gasteiger partial charge in [0, 0.05) is 18.8 Å². The van der Waals surface area contributed by atoms with Crippen molar-refractivity contribution in [3.05, 3.63) is 84.0 Å². The van der Waals surface area contributed by atoms with Crippen LogP contribution in [0.1, 0.15) is 43.2 Å². The number of carbonyl (C=O) groups is 2. The molecule has 234 valence electrons. The predicted molar refractivity (Wildman–Crippen MR) is 153 cm³/mol. The normalized spacial score (nSPS) is 21.3. The van der Waals surface area contributed by atoms with Gasteiger partial charge in [0.1, 0.15) is 30.8 Å². The molecule has 11 heteroatoms. The van der Waals surface area contributed by atoms with E-state index in [1.807, 2.05) is 31.2 Å². The van der Waals surface area contributed by atoms with Gasteiger partial charge in [0.25, 0.3) is 0 Å². The Labute approximate surface area is 248 Å². The van der Waals surface area contributed by atoms with E-state index in [4.69, 9.17) is 9.47 Å². The standard InChI is InChI=1S/C32H38F3NO7/c1-21-11-14-24(15-12-21)43-31(41)19-36-30(40)10-5-3-2-4-9-26-27(29(39)18-28(26)38)16-13-23(37)20-42-25-8-6-7-22(17-25)32(33,34)35/h2,4,6-8,11-17,23,26-29,37-39H,3,5,9-10,18-20H2,1H3,(H,36,40)/b4-2-,16-13+/t23-,26-,27-,28+,29-/m1/s1. The highest BCUT2D eigenvalue weighted by atomic mass is 19.4. The Bertz CT molecular complexity index is 1250. The molecule has 0 unspecified atom stereocenters.